The molecule has 0 aromatic carbocycles. The molecule has 0 spiro atoms. The lowest BCUT2D eigenvalue weighted by Gasteiger charge is -2.07. The third-order valence-electron chi connectivity index (χ3n) is 3.15. The topological polar surface area (TPSA) is 47.9 Å². The average Bonchev–Trinajstić information content (AvgIpc) is 2.52. The van der Waals surface area contributed by atoms with Gasteiger partial charge in [0, 0.05) is 17.5 Å². The second-order valence-corrected chi connectivity index (χ2v) is 4.70. The highest BCUT2D eigenvalue weighted by molar-refractivity contribution is 5.50. The van der Waals surface area contributed by atoms with Gasteiger partial charge in [-0.15, -0.1) is 0 Å². The van der Waals surface area contributed by atoms with Crippen LogP contribution in [0.25, 0.3) is 11.5 Å². The molecule has 0 saturated carbocycles. The molecule has 2 aromatic rings. The zero-order chi connectivity index (χ0) is 14.4. The minimum atomic E-state index is 0.590. The Bertz CT molecular complexity index is 547. The van der Waals surface area contributed by atoms with Gasteiger partial charge < -0.3 is 4.74 Å². The fraction of sp³-hybridized carbons (Fsp3) is 0.438. The van der Waals surface area contributed by atoms with Crippen LogP contribution >= 0.6 is 0 Å². The van der Waals surface area contributed by atoms with E-state index in [1.165, 1.54) is 6.42 Å². The number of methoxy groups -OCH3 is 1. The molecule has 0 aliphatic carbocycles. The zero-order valence-electron chi connectivity index (χ0n) is 12.4. The second-order valence-electron chi connectivity index (χ2n) is 4.70. The van der Waals surface area contributed by atoms with Gasteiger partial charge >= 0.3 is 0 Å². The lowest BCUT2D eigenvalue weighted by atomic mass is 10.2. The van der Waals surface area contributed by atoms with Crippen molar-refractivity contribution in [3.05, 3.63) is 35.7 Å². The Morgan fingerprint density at radius 1 is 1.05 bits per heavy atom. The summed E-state index contributed by atoms with van der Waals surface area (Å²) in [5.74, 6) is 1.23. The average molecular weight is 271 g/mol. The normalized spacial score (nSPS) is 10.6. The minimum Gasteiger partial charge on any atom is -0.481 e. The molecule has 0 N–H and O–H groups in total. The summed E-state index contributed by atoms with van der Waals surface area (Å²) >= 11 is 0. The van der Waals surface area contributed by atoms with Gasteiger partial charge in [0.1, 0.15) is 5.69 Å². The van der Waals surface area contributed by atoms with E-state index >= 15 is 0 Å². The number of unbranched alkanes of at least 4 members (excludes halogenated alkanes) is 1. The van der Waals surface area contributed by atoms with Crippen LogP contribution in [0.2, 0.25) is 0 Å². The first-order chi connectivity index (χ1) is 9.76. The summed E-state index contributed by atoms with van der Waals surface area (Å²) in [5.41, 5.74) is 2.87. The fourth-order valence-corrected chi connectivity index (χ4v) is 1.97. The van der Waals surface area contributed by atoms with Crippen LogP contribution in [0.4, 0.5) is 0 Å². The van der Waals surface area contributed by atoms with Gasteiger partial charge in [0.15, 0.2) is 5.82 Å². The molecule has 0 aliphatic heterocycles. The molecule has 2 heterocycles. The van der Waals surface area contributed by atoms with Crippen molar-refractivity contribution < 1.29 is 4.74 Å². The number of nitrogens with zero attached hydrogens (tertiary/aromatic N) is 3. The van der Waals surface area contributed by atoms with Crippen LogP contribution in [0.5, 0.6) is 5.88 Å². The summed E-state index contributed by atoms with van der Waals surface area (Å²) in [6, 6.07) is 7.88. The summed E-state index contributed by atoms with van der Waals surface area (Å²) in [6.45, 7) is 4.25. The lowest BCUT2D eigenvalue weighted by molar-refractivity contribution is 0.396. The first kappa shape index (κ1) is 14.4. The number of aromatic nitrogens is 3. The van der Waals surface area contributed by atoms with E-state index in [9.17, 15) is 0 Å². The quantitative estimate of drug-likeness (QED) is 0.807. The van der Waals surface area contributed by atoms with Crippen molar-refractivity contribution in [1.29, 1.82) is 0 Å². The number of hydrogen-bond donors (Lipinski definition) is 0. The Morgan fingerprint density at radius 3 is 2.60 bits per heavy atom. The van der Waals surface area contributed by atoms with E-state index in [4.69, 9.17) is 4.74 Å². The van der Waals surface area contributed by atoms with Crippen LogP contribution < -0.4 is 4.74 Å². The van der Waals surface area contributed by atoms with Gasteiger partial charge in [-0.05, 0) is 31.4 Å². The van der Waals surface area contributed by atoms with Crippen molar-refractivity contribution in [3.8, 4) is 17.4 Å². The molecule has 0 unspecified atom stereocenters. The maximum absolute atomic E-state index is 5.24. The van der Waals surface area contributed by atoms with Gasteiger partial charge in [0.2, 0.25) is 5.88 Å². The van der Waals surface area contributed by atoms with Gasteiger partial charge in [0.05, 0.1) is 7.11 Å². The molecule has 4 nitrogen and oxygen atoms in total. The Hall–Kier alpha value is -1.97. The van der Waals surface area contributed by atoms with Crippen LogP contribution in [0.1, 0.15) is 38.1 Å². The molecule has 0 saturated heterocycles. The first-order valence-electron chi connectivity index (χ1n) is 7.15. The van der Waals surface area contributed by atoms with E-state index in [1.54, 1.807) is 7.11 Å². The second kappa shape index (κ2) is 6.98. The monoisotopic (exact) mass is 271 g/mol. The maximum atomic E-state index is 5.24. The molecule has 0 atom stereocenters. The van der Waals surface area contributed by atoms with E-state index in [-0.39, 0.29) is 0 Å². The molecule has 0 bridgehead atoms. The van der Waals surface area contributed by atoms with E-state index < -0.39 is 0 Å². The van der Waals surface area contributed by atoms with E-state index in [2.05, 4.69) is 34.9 Å². The molecule has 4 heteroatoms. The number of aryl methyl sites for hydroxylation is 2. The summed E-state index contributed by atoms with van der Waals surface area (Å²) < 4.78 is 5.24. The standard InChI is InChI=1S/C16H21N3O/c1-4-6-8-13-9-7-10-14(17-13)16-18-12(5-2)11-15(19-16)20-3/h7,9-11H,4-6,8H2,1-3H3. The van der Waals surface area contributed by atoms with Gasteiger partial charge in [-0.25, -0.2) is 9.97 Å². The maximum Gasteiger partial charge on any atom is 0.216 e. The molecule has 2 aromatic heterocycles. The molecule has 2 rings (SSSR count). The molecular formula is C16H21N3O. The highest BCUT2D eigenvalue weighted by Crippen LogP contribution is 2.18. The third-order valence-corrected chi connectivity index (χ3v) is 3.15. The van der Waals surface area contributed by atoms with Crippen molar-refractivity contribution in [2.45, 2.75) is 39.5 Å². The molecule has 20 heavy (non-hydrogen) atoms. The highest BCUT2D eigenvalue weighted by Gasteiger charge is 2.08. The largest absolute Gasteiger partial charge is 0.481 e. The highest BCUT2D eigenvalue weighted by atomic mass is 16.5. The molecule has 106 valence electrons. The van der Waals surface area contributed by atoms with E-state index in [0.29, 0.717) is 11.7 Å². The van der Waals surface area contributed by atoms with Gasteiger partial charge in [0.25, 0.3) is 0 Å². The molecule has 0 fully saturated rings. The summed E-state index contributed by atoms with van der Waals surface area (Å²) in [4.78, 5) is 13.6. The van der Waals surface area contributed by atoms with E-state index in [0.717, 1.165) is 36.3 Å². The first-order valence-corrected chi connectivity index (χ1v) is 7.15. The zero-order valence-corrected chi connectivity index (χ0v) is 12.4. The fourth-order valence-electron chi connectivity index (χ4n) is 1.97. The van der Waals surface area contributed by atoms with Crippen LogP contribution in [0, 0.1) is 0 Å². The smallest absolute Gasteiger partial charge is 0.216 e. The van der Waals surface area contributed by atoms with Crippen LogP contribution in [0.3, 0.4) is 0 Å². The number of rotatable bonds is 6. The predicted molar refractivity (Wildman–Crippen MR) is 79.8 cm³/mol. The van der Waals surface area contributed by atoms with Gasteiger partial charge in [-0.2, -0.15) is 4.98 Å². The number of hydrogen-bond acceptors (Lipinski definition) is 4. The van der Waals surface area contributed by atoms with Crippen molar-refractivity contribution in [2.75, 3.05) is 7.11 Å². The van der Waals surface area contributed by atoms with Crippen molar-refractivity contribution >= 4 is 0 Å². The Balaban J connectivity index is 2.34. The number of pyridine rings is 1. The molecule has 0 aliphatic rings. The summed E-state index contributed by atoms with van der Waals surface area (Å²) in [7, 11) is 1.62. The number of ether oxygens (including phenoxy) is 1. The van der Waals surface area contributed by atoms with Crippen molar-refractivity contribution in [2.24, 2.45) is 0 Å². The third kappa shape index (κ3) is 3.53. The van der Waals surface area contributed by atoms with Crippen LogP contribution in [0.15, 0.2) is 24.3 Å². The van der Waals surface area contributed by atoms with Crippen molar-refractivity contribution in [1.82, 2.24) is 15.0 Å². The molecular weight excluding hydrogens is 250 g/mol. The molecule has 0 amide bonds. The Morgan fingerprint density at radius 2 is 1.90 bits per heavy atom. The lowest BCUT2D eigenvalue weighted by Crippen LogP contribution is -2.00. The van der Waals surface area contributed by atoms with Crippen LogP contribution in [-0.2, 0) is 12.8 Å². The van der Waals surface area contributed by atoms with Gasteiger partial charge in [-0.3, -0.25) is 0 Å². The minimum absolute atomic E-state index is 0.590. The summed E-state index contributed by atoms with van der Waals surface area (Å²) in [6.07, 6.45) is 4.16. The Labute approximate surface area is 120 Å². The predicted octanol–water partition coefficient (Wildman–Crippen LogP) is 3.45. The van der Waals surface area contributed by atoms with Crippen LogP contribution in [-0.4, -0.2) is 22.1 Å². The SMILES string of the molecule is CCCCc1cccc(-c2nc(CC)cc(OC)n2)n1. The van der Waals surface area contributed by atoms with Crippen molar-refractivity contribution in [3.63, 3.8) is 0 Å². The Kier molecular flexibility index (Phi) is 5.04. The summed E-state index contributed by atoms with van der Waals surface area (Å²) in [5, 5.41) is 0. The van der Waals surface area contributed by atoms with Gasteiger partial charge in [-0.1, -0.05) is 26.3 Å². The molecule has 0 radical (unpaired) electrons. The van der Waals surface area contributed by atoms with E-state index in [1.807, 2.05) is 18.2 Å².